The lowest BCUT2D eigenvalue weighted by atomic mass is 10.2. The molecule has 6 nitrogen and oxygen atoms in total. The number of halogens is 4. The molecule has 0 bridgehead atoms. The third-order valence-corrected chi connectivity index (χ3v) is 3.60. The van der Waals surface area contributed by atoms with Crippen molar-refractivity contribution in [3.63, 3.8) is 0 Å². The molecule has 1 aromatic carbocycles. The molecule has 0 aliphatic rings. The van der Waals surface area contributed by atoms with Crippen LogP contribution < -0.4 is 20.1 Å². The number of aliphatic imine (C=N–C) groups is 1. The number of hydrogen-bond donors (Lipinski definition) is 2. The monoisotopic (exact) mass is 414 g/mol. The van der Waals surface area contributed by atoms with E-state index in [1.54, 1.807) is 19.2 Å². The maximum absolute atomic E-state index is 12.9. The fourth-order valence-electron chi connectivity index (χ4n) is 2.27. The Kier molecular flexibility index (Phi) is 8.05. The first kappa shape index (κ1) is 22.3. The quantitative estimate of drug-likeness (QED) is 0.394. The summed E-state index contributed by atoms with van der Waals surface area (Å²) in [5, 5.41) is 6.03. The Morgan fingerprint density at radius 2 is 1.90 bits per heavy atom. The second kappa shape index (κ2) is 10.5. The van der Waals surface area contributed by atoms with Crippen LogP contribution in [0.2, 0.25) is 0 Å². The van der Waals surface area contributed by atoms with Gasteiger partial charge < -0.3 is 20.1 Å². The number of guanidine groups is 1. The Bertz CT molecular complexity index is 798. The topological polar surface area (TPSA) is 67.8 Å². The van der Waals surface area contributed by atoms with Crippen molar-refractivity contribution in [2.24, 2.45) is 4.99 Å². The molecular weight excluding hydrogens is 392 g/mol. The minimum absolute atomic E-state index is 0.0965. The van der Waals surface area contributed by atoms with Gasteiger partial charge in [0.1, 0.15) is 17.7 Å². The Hall–Kier alpha value is -3.04. The van der Waals surface area contributed by atoms with Crippen molar-refractivity contribution in [1.82, 2.24) is 15.6 Å². The van der Waals surface area contributed by atoms with E-state index in [4.69, 9.17) is 9.47 Å². The van der Waals surface area contributed by atoms with E-state index in [9.17, 15) is 17.6 Å². The number of nitrogens with zero attached hydrogens (tertiary/aromatic N) is 2. The second-order valence-corrected chi connectivity index (χ2v) is 6.06. The standard InChI is InChI=1S/C19H22F4N4O2/c1-13(29-16-7-5-15(20)6-8-16)10-26-18(24-2)27-11-14-4-3-9-25-17(14)28-12-19(21,22)23/h3-9,13H,10-12H2,1-2H3,(H2,24,26,27). The lowest BCUT2D eigenvalue weighted by Crippen LogP contribution is -2.41. The van der Waals surface area contributed by atoms with Crippen molar-refractivity contribution >= 4 is 5.96 Å². The van der Waals surface area contributed by atoms with Gasteiger partial charge in [0.2, 0.25) is 5.88 Å². The predicted molar refractivity (Wildman–Crippen MR) is 100 cm³/mol. The highest BCUT2D eigenvalue weighted by molar-refractivity contribution is 5.79. The van der Waals surface area contributed by atoms with Crippen LogP contribution in [0.3, 0.4) is 0 Å². The molecule has 1 aromatic heterocycles. The van der Waals surface area contributed by atoms with Crippen molar-refractivity contribution in [2.45, 2.75) is 25.7 Å². The van der Waals surface area contributed by atoms with Gasteiger partial charge in [0.15, 0.2) is 12.6 Å². The minimum Gasteiger partial charge on any atom is -0.489 e. The molecule has 0 saturated heterocycles. The summed E-state index contributed by atoms with van der Waals surface area (Å²) in [5.41, 5.74) is 0.454. The van der Waals surface area contributed by atoms with Crippen LogP contribution in [0.4, 0.5) is 17.6 Å². The van der Waals surface area contributed by atoms with E-state index in [2.05, 4.69) is 20.6 Å². The van der Waals surface area contributed by atoms with E-state index in [1.807, 2.05) is 6.92 Å². The van der Waals surface area contributed by atoms with Crippen LogP contribution in [0, 0.1) is 5.82 Å². The zero-order chi connectivity index (χ0) is 21.3. The normalized spacial score (nSPS) is 13.0. The Morgan fingerprint density at radius 1 is 1.17 bits per heavy atom. The summed E-state index contributed by atoms with van der Waals surface area (Å²) >= 11 is 0. The summed E-state index contributed by atoms with van der Waals surface area (Å²) in [7, 11) is 1.56. The summed E-state index contributed by atoms with van der Waals surface area (Å²) in [6, 6.07) is 8.89. The van der Waals surface area contributed by atoms with Gasteiger partial charge in [0.25, 0.3) is 0 Å². The highest BCUT2D eigenvalue weighted by Gasteiger charge is 2.29. The van der Waals surface area contributed by atoms with Gasteiger partial charge in [-0.15, -0.1) is 0 Å². The highest BCUT2D eigenvalue weighted by Crippen LogP contribution is 2.19. The average Bonchev–Trinajstić information content (AvgIpc) is 2.68. The van der Waals surface area contributed by atoms with E-state index in [0.29, 0.717) is 23.8 Å². The second-order valence-electron chi connectivity index (χ2n) is 6.06. The van der Waals surface area contributed by atoms with Gasteiger partial charge in [-0.1, -0.05) is 6.07 Å². The third-order valence-electron chi connectivity index (χ3n) is 3.60. The number of benzene rings is 1. The fourth-order valence-corrected chi connectivity index (χ4v) is 2.27. The summed E-state index contributed by atoms with van der Waals surface area (Å²) < 4.78 is 60.4. The smallest absolute Gasteiger partial charge is 0.422 e. The van der Waals surface area contributed by atoms with E-state index < -0.39 is 12.8 Å². The van der Waals surface area contributed by atoms with Crippen LogP contribution in [0.1, 0.15) is 12.5 Å². The number of pyridine rings is 1. The minimum atomic E-state index is -4.44. The van der Waals surface area contributed by atoms with E-state index in [0.717, 1.165) is 0 Å². The van der Waals surface area contributed by atoms with E-state index in [1.165, 1.54) is 30.5 Å². The molecule has 2 aromatic rings. The van der Waals surface area contributed by atoms with Crippen molar-refractivity contribution in [1.29, 1.82) is 0 Å². The summed E-state index contributed by atoms with van der Waals surface area (Å²) in [5.74, 6) is 0.512. The largest absolute Gasteiger partial charge is 0.489 e. The van der Waals surface area contributed by atoms with Crippen LogP contribution in [0.25, 0.3) is 0 Å². The van der Waals surface area contributed by atoms with Crippen LogP contribution in [-0.4, -0.2) is 43.4 Å². The summed E-state index contributed by atoms with van der Waals surface area (Å²) in [6.45, 7) is 0.964. The van der Waals surface area contributed by atoms with Gasteiger partial charge in [-0.2, -0.15) is 13.2 Å². The molecule has 1 heterocycles. The van der Waals surface area contributed by atoms with E-state index >= 15 is 0 Å². The van der Waals surface area contributed by atoms with Crippen molar-refractivity contribution < 1.29 is 27.0 Å². The van der Waals surface area contributed by atoms with Gasteiger partial charge in [0, 0.05) is 25.4 Å². The fraction of sp³-hybridized carbons (Fsp3) is 0.368. The van der Waals surface area contributed by atoms with Crippen LogP contribution in [0.5, 0.6) is 11.6 Å². The van der Waals surface area contributed by atoms with Gasteiger partial charge >= 0.3 is 6.18 Å². The lowest BCUT2D eigenvalue weighted by Gasteiger charge is -2.18. The zero-order valence-corrected chi connectivity index (χ0v) is 16.0. The van der Waals surface area contributed by atoms with Crippen LogP contribution >= 0.6 is 0 Å². The Balaban J connectivity index is 1.84. The predicted octanol–water partition coefficient (Wildman–Crippen LogP) is 3.29. The summed E-state index contributed by atoms with van der Waals surface area (Å²) in [6.07, 6.45) is -3.33. The molecular formula is C19H22F4N4O2. The molecule has 1 unspecified atom stereocenters. The molecule has 0 spiro atoms. The molecule has 0 aliphatic heterocycles. The molecule has 2 rings (SSSR count). The number of aromatic nitrogens is 1. The van der Waals surface area contributed by atoms with Gasteiger partial charge in [-0.3, -0.25) is 4.99 Å². The first-order valence-corrected chi connectivity index (χ1v) is 8.77. The van der Waals surface area contributed by atoms with Crippen molar-refractivity contribution in [3.05, 3.63) is 54.0 Å². The number of alkyl halides is 3. The van der Waals surface area contributed by atoms with Crippen molar-refractivity contribution in [2.75, 3.05) is 20.2 Å². The molecule has 29 heavy (non-hydrogen) atoms. The first-order valence-electron chi connectivity index (χ1n) is 8.77. The first-order chi connectivity index (χ1) is 13.8. The number of ether oxygens (including phenoxy) is 2. The lowest BCUT2D eigenvalue weighted by molar-refractivity contribution is -0.154. The molecule has 0 aliphatic carbocycles. The Morgan fingerprint density at radius 3 is 2.55 bits per heavy atom. The van der Waals surface area contributed by atoms with Gasteiger partial charge in [-0.25, -0.2) is 9.37 Å². The number of hydrogen-bond acceptors (Lipinski definition) is 4. The average molecular weight is 414 g/mol. The summed E-state index contributed by atoms with van der Waals surface area (Å²) in [4.78, 5) is 7.90. The molecule has 1 atom stereocenters. The molecule has 10 heteroatoms. The zero-order valence-electron chi connectivity index (χ0n) is 16.0. The maximum Gasteiger partial charge on any atom is 0.422 e. The van der Waals surface area contributed by atoms with Crippen molar-refractivity contribution in [3.8, 4) is 11.6 Å². The van der Waals surface area contributed by atoms with Crippen LogP contribution in [0.15, 0.2) is 47.6 Å². The molecule has 0 amide bonds. The molecule has 158 valence electrons. The highest BCUT2D eigenvalue weighted by atomic mass is 19.4. The molecule has 0 radical (unpaired) electrons. The number of rotatable bonds is 8. The van der Waals surface area contributed by atoms with Gasteiger partial charge in [0.05, 0.1) is 6.54 Å². The molecule has 0 fully saturated rings. The van der Waals surface area contributed by atoms with E-state index in [-0.39, 0.29) is 24.3 Å². The van der Waals surface area contributed by atoms with Gasteiger partial charge in [-0.05, 0) is 37.3 Å². The third kappa shape index (κ3) is 8.24. The maximum atomic E-state index is 12.9. The Labute approximate surface area is 166 Å². The SMILES string of the molecule is CN=C(NCc1cccnc1OCC(F)(F)F)NCC(C)Oc1ccc(F)cc1. The molecule has 0 saturated carbocycles. The molecule has 2 N–H and O–H groups in total. The van der Waals surface area contributed by atoms with Crippen LogP contribution in [-0.2, 0) is 6.54 Å². The number of nitrogens with one attached hydrogen (secondary N) is 2.